The number of hydrogen-bond acceptors (Lipinski definition) is 5. The zero-order chi connectivity index (χ0) is 23.8. The van der Waals surface area contributed by atoms with Gasteiger partial charge in [-0.3, -0.25) is 4.79 Å². The van der Waals surface area contributed by atoms with Crippen molar-refractivity contribution < 1.29 is 23.1 Å². The quantitative estimate of drug-likeness (QED) is 0.536. The molecule has 0 radical (unpaired) electrons. The first kappa shape index (κ1) is 24.6. The number of nitrogens with two attached hydrogens (primary N) is 1. The van der Waals surface area contributed by atoms with Crippen LogP contribution in [0.1, 0.15) is 56.2 Å². The lowest BCUT2D eigenvalue weighted by atomic mass is 9.81. The Bertz CT molecular complexity index is 932. The van der Waals surface area contributed by atoms with Crippen LogP contribution in [0, 0.1) is 5.92 Å². The van der Waals surface area contributed by atoms with E-state index in [-0.39, 0.29) is 44.1 Å². The number of alkyl halides is 2. The molecule has 1 unspecified atom stereocenters. The summed E-state index contributed by atoms with van der Waals surface area (Å²) in [5, 5.41) is 5.28. The molecule has 0 spiro atoms. The Balaban J connectivity index is 1.69. The lowest BCUT2D eigenvalue weighted by Crippen LogP contribution is -2.50. The fraction of sp³-hybridized carbons (Fsp3) is 0.458. The monoisotopic (exact) mass is 460 g/mol. The molecule has 178 valence electrons. The molecule has 1 saturated carbocycles. The lowest BCUT2D eigenvalue weighted by Gasteiger charge is -2.33. The normalized spacial score (nSPS) is 17.6. The summed E-state index contributed by atoms with van der Waals surface area (Å²) in [7, 11) is 0. The molecule has 3 rings (SSSR count). The van der Waals surface area contributed by atoms with Crippen molar-refractivity contribution >= 4 is 17.8 Å². The number of nitrogens with one attached hydrogen (secondary N) is 2. The van der Waals surface area contributed by atoms with Gasteiger partial charge in [0, 0.05) is 25.1 Å². The molecular formula is C24H30F2N4O3. The van der Waals surface area contributed by atoms with Crippen LogP contribution >= 0.6 is 0 Å². The summed E-state index contributed by atoms with van der Waals surface area (Å²) in [4.78, 5) is 29.7. The molecule has 0 bridgehead atoms. The minimum atomic E-state index is -2.75. The highest BCUT2D eigenvalue weighted by molar-refractivity contribution is 5.96. The van der Waals surface area contributed by atoms with Gasteiger partial charge in [-0.1, -0.05) is 37.3 Å². The van der Waals surface area contributed by atoms with Gasteiger partial charge < -0.3 is 21.1 Å². The summed E-state index contributed by atoms with van der Waals surface area (Å²) in [5.74, 6) is -3.45. The van der Waals surface area contributed by atoms with Gasteiger partial charge in [0.05, 0.1) is 0 Å². The maximum absolute atomic E-state index is 13.7. The van der Waals surface area contributed by atoms with Gasteiger partial charge in [-0.25, -0.2) is 18.6 Å². The van der Waals surface area contributed by atoms with Crippen LogP contribution < -0.4 is 16.4 Å². The molecule has 1 aliphatic carbocycles. The van der Waals surface area contributed by atoms with Crippen molar-refractivity contribution in [1.29, 1.82) is 0 Å². The number of carbonyl (C=O) groups excluding carboxylic acids is 2. The molecule has 1 aromatic heterocycles. The highest BCUT2D eigenvalue weighted by Crippen LogP contribution is 2.37. The van der Waals surface area contributed by atoms with Crippen molar-refractivity contribution in [3.8, 4) is 0 Å². The van der Waals surface area contributed by atoms with E-state index >= 15 is 0 Å². The third-order valence-corrected chi connectivity index (χ3v) is 5.90. The first-order chi connectivity index (χ1) is 15.8. The summed E-state index contributed by atoms with van der Waals surface area (Å²) in [5.41, 5.74) is 7.66. The Morgan fingerprint density at radius 3 is 2.58 bits per heavy atom. The largest absolute Gasteiger partial charge is 0.445 e. The number of alkyl carbamates (subject to hydrolysis) is 1. The number of nitrogens with zero attached hydrogens (tertiary/aromatic N) is 1. The van der Waals surface area contributed by atoms with Gasteiger partial charge in [0.15, 0.2) is 0 Å². The molecule has 1 aliphatic rings. The second kappa shape index (κ2) is 11.2. The lowest BCUT2D eigenvalue weighted by molar-refractivity contribution is -0.121. The number of rotatable bonds is 8. The molecule has 2 amide bonds. The third kappa shape index (κ3) is 7.21. The Hall–Kier alpha value is -3.07. The highest BCUT2D eigenvalue weighted by atomic mass is 19.3. The second-order valence-electron chi connectivity index (χ2n) is 8.36. The Kier molecular flexibility index (Phi) is 8.32. The number of anilines is 1. The predicted octanol–water partition coefficient (Wildman–Crippen LogP) is 4.55. The first-order valence-corrected chi connectivity index (χ1v) is 11.1. The number of benzene rings is 1. The van der Waals surface area contributed by atoms with Crippen molar-refractivity contribution in [2.45, 2.75) is 63.6 Å². The fourth-order valence-corrected chi connectivity index (χ4v) is 3.87. The average Bonchev–Trinajstić information content (AvgIpc) is 2.81. The molecule has 33 heavy (non-hydrogen) atoms. The standard InChI is InChI=1S/C24H30F2N4O3/c1-2-19(27)18-10-13-28-20(14-18)29-22(31)21(17-8-11-24(25,26)12-9-17)30-23(32)33-15-16-6-4-3-5-7-16/h3-7,10,13-14,17,19,21H,2,8-9,11-12,15,27H2,1H3,(H,30,32)(H,28,29,31)/t19?,21-/m0/s1. The van der Waals surface area contributed by atoms with E-state index < -0.39 is 29.9 Å². The van der Waals surface area contributed by atoms with Crippen molar-refractivity contribution in [2.24, 2.45) is 11.7 Å². The van der Waals surface area contributed by atoms with E-state index in [0.717, 1.165) is 11.1 Å². The number of halogens is 2. The summed E-state index contributed by atoms with van der Waals surface area (Å²) < 4.78 is 32.6. The first-order valence-electron chi connectivity index (χ1n) is 11.1. The number of carbonyl (C=O) groups is 2. The van der Waals surface area contributed by atoms with Gasteiger partial charge in [-0.2, -0.15) is 0 Å². The van der Waals surface area contributed by atoms with Gasteiger partial charge >= 0.3 is 6.09 Å². The van der Waals surface area contributed by atoms with Crippen LogP contribution in [0.25, 0.3) is 0 Å². The van der Waals surface area contributed by atoms with Gasteiger partial charge in [-0.15, -0.1) is 0 Å². The summed E-state index contributed by atoms with van der Waals surface area (Å²) >= 11 is 0. The SMILES string of the molecule is CCC(N)c1ccnc(NC(=O)[C@@H](NC(=O)OCc2ccccc2)C2CCC(F)(F)CC2)c1. The predicted molar refractivity (Wildman–Crippen MR) is 121 cm³/mol. The van der Waals surface area contributed by atoms with E-state index in [1.54, 1.807) is 24.3 Å². The van der Waals surface area contributed by atoms with E-state index in [0.29, 0.717) is 6.42 Å². The summed E-state index contributed by atoms with van der Waals surface area (Å²) in [6.07, 6.45) is 1.02. The molecule has 1 fully saturated rings. The fourth-order valence-electron chi connectivity index (χ4n) is 3.87. The van der Waals surface area contributed by atoms with Gasteiger partial charge in [0.25, 0.3) is 0 Å². The Morgan fingerprint density at radius 2 is 1.91 bits per heavy atom. The zero-order valence-electron chi connectivity index (χ0n) is 18.6. The number of hydrogen-bond donors (Lipinski definition) is 3. The van der Waals surface area contributed by atoms with Crippen LogP contribution in [0.3, 0.4) is 0 Å². The minimum Gasteiger partial charge on any atom is -0.445 e. The summed E-state index contributed by atoms with van der Waals surface area (Å²) in [6.45, 7) is 1.98. The number of amides is 2. The highest BCUT2D eigenvalue weighted by Gasteiger charge is 2.40. The summed E-state index contributed by atoms with van der Waals surface area (Å²) in [6, 6.07) is 11.3. The van der Waals surface area contributed by atoms with Crippen LogP contribution in [0.4, 0.5) is 19.4 Å². The molecule has 2 aromatic rings. The average molecular weight is 461 g/mol. The van der Waals surface area contributed by atoms with Crippen molar-refractivity contribution in [1.82, 2.24) is 10.3 Å². The molecule has 9 heteroatoms. The molecule has 1 heterocycles. The van der Waals surface area contributed by atoms with E-state index in [2.05, 4.69) is 15.6 Å². The smallest absolute Gasteiger partial charge is 0.408 e. The van der Waals surface area contributed by atoms with Crippen LogP contribution in [0.2, 0.25) is 0 Å². The Morgan fingerprint density at radius 1 is 1.21 bits per heavy atom. The molecular weight excluding hydrogens is 430 g/mol. The maximum atomic E-state index is 13.7. The van der Waals surface area contributed by atoms with Crippen LogP contribution in [0.5, 0.6) is 0 Å². The van der Waals surface area contributed by atoms with Crippen LogP contribution in [0.15, 0.2) is 48.7 Å². The maximum Gasteiger partial charge on any atom is 0.408 e. The van der Waals surface area contributed by atoms with E-state index in [9.17, 15) is 18.4 Å². The van der Waals surface area contributed by atoms with Crippen molar-refractivity contribution in [2.75, 3.05) is 5.32 Å². The van der Waals surface area contributed by atoms with Crippen LogP contribution in [-0.2, 0) is 16.1 Å². The topological polar surface area (TPSA) is 106 Å². The van der Waals surface area contributed by atoms with Gasteiger partial charge in [0.2, 0.25) is 11.8 Å². The molecule has 7 nitrogen and oxygen atoms in total. The number of aromatic nitrogens is 1. The van der Waals surface area contributed by atoms with E-state index in [4.69, 9.17) is 10.5 Å². The third-order valence-electron chi connectivity index (χ3n) is 5.90. The minimum absolute atomic E-state index is 0.0300. The second-order valence-corrected chi connectivity index (χ2v) is 8.36. The van der Waals surface area contributed by atoms with Crippen molar-refractivity contribution in [3.63, 3.8) is 0 Å². The van der Waals surface area contributed by atoms with Crippen LogP contribution in [-0.4, -0.2) is 28.9 Å². The van der Waals surface area contributed by atoms with E-state index in [1.807, 2.05) is 25.1 Å². The molecule has 0 saturated heterocycles. The van der Waals surface area contributed by atoms with Gasteiger partial charge in [0.1, 0.15) is 18.5 Å². The van der Waals surface area contributed by atoms with Gasteiger partial charge in [-0.05, 0) is 48.4 Å². The Labute approximate surface area is 192 Å². The zero-order valence-corrected chi connectivity index (χ0v) is 18.6. The molecule has 4 N–H and O–H groups in total. The number of ether oxygens (including phenoxy) is 1. The molecule has 0 aliphatic heterocycles. The van der Waals surface area contributed by atoms with E-state index in [1.165, 1.54) is 6.20 Å². The molecule has 2 atom stereocenters. The van der Waals surface area contributed by atoms with Crippen molar-refractivity contribution in [3.05, 3.63) is 59.8 Å². The molecule has 1 aromatic carbocycles. The number of pyridine rings is 1.